The minimum Gasteiger partial charge on any atom is -0.494 e. The number of hydrogen-bond acceptors (Lipinski definition) is 6. The number of benzene rings is 2. The Balaban J connectivity index is 1.66. The van der Waals surface area contributed by atoms with Gasteiger partial charge in [0, 0.05) is 34.0 Å². The molecule has 0 aliphatic carbocycles. The molecule has 1 aromatic heterocycles. The lowest BCUT2D eigenvalue weighted by atomic mass is 10.0. The first kappa shape index (κ1) is 20.6. The van der Waals surface area contributed by atoms with Crippen molar-refractivity contribution in [1.29, 1.82) is 0 Å². The maximum atomic E-state index is 10.6. The normalized spacial score (nSPS) is 15.6. The summed E-state index contributed by atoms with van der Waals surface area (Å²) in [6, 6.07) is 13.4. The largest absolute Gasteiger partial charge is 0.494 e. The molecule has 1 aliphatic rings. The van der Waals surface area contributed by atoms with Gasteiger partial charge in [0.05, 0.1) is 17.4 Å². The third-order valence-electron chi connectivity index (χ3n) is 4.89. The van der Waals surface area contributed by atoms with E-state index in [1.165, 1.54) is 0 Å². The molecule has 2 aromatic carbocycles. The monoisotopic (exact) mass is 470 g/mol. The number of para-hydroxylation sites is 1. The van der Waals surface area contributed by atoms with Crippen molar-refractivity contribution >= 4 is 43.9 Å². The molecule has 0 saturated carbocycles. The van der Waals surface area contributed by atoms with E-state index in [0.717, 1.165) is 26.6 Å². The van der Waals surface area contributed by atoms with Crippen LogP contribution in [0.3, 0.4) is 0 Å². The van der Waals surface area contributed by atoms with Crippen molar-refractivity contribution < 1.29 is 15.1 Å². The predicted molar refractivity (Wildman–Crippen MR) is 122 cm³/mol. The van der Waals surface area contributed by atoms with Crippen molar-refractivity contribution in [2.45, 2.75) is 13.0 Å². The van der Waals surface area contributed by atoms with Crippen molar-refractivity contribution in [2.24, 2.45) is 10.1 Å². The van der Waals surface area contributed by atoms with Gasteiger partial charge in [-0.1, -0.05) is 39.3 Å². The highest BCUT2D eigenvalue weighted by Gasteiger charge is 2.29. The van der Waals surface area contributed by atoms with Crippen molar-refractivity contribution in [3.8, 4) is 5.88 Å². The van der Waals surface area contributed by atoms with Gasteiger partial charge in [-0.15, -0.1) is 0 Å². The third-order valence-corrected chi connectivity index (χ3v) is 5.38. The van der Waals surface area contributed by atoms with E-state index in [1.807, 2.05) is 54.4 Å². The van der Waals surface area contributed by atoms with Gasteiger partial charge in [-0.05, 0) is 38.2 Å². The topological polar surface area (TPSA) is 93.4 Å². The molecule has 0 radical (unpaired) electrons. The van der Waals surface area contributed by atoms with Gasteiger partial charge < -0.3 is 24.9 Å². The summed E-state index contributed by atoms with van der Waals surface area (Å²) in [5, 5.41) is 25.3. The summed E-state index contributed by atoms with van der Waals surface area (Å²) < 4.78 is 0.905. The highest BCUT2D eigenvalue weighted by molar-refractivity contribution is 9.10. The quantitative estimate of drug-likeness (QED) is 0.361. The number of nitrogens with zero attached hydrogens (tertiary/aromatic N) is 3. The number of aliphatic hydroxyl groups is 1. The first-order valence-corrected chi connectivity index (χ1v) is 10.5. The lowest BCUT2D eigenvalue weighted by Crippen LogP contribution is -2.30. The molecular formula is C22H23BrN4O3. The van der Waals surface area contributed by atoms with Crippen LogP contribution in [0.25, 0.3) is 10.9 Å². The average Bonchev–Trinajstić information content (AvgIpc) is 3.20. The summed E-state index contributed by atoms with van der Waals surface area (Å²) in [6.45, 7) is 3.31. The Labute approximate surface area is 182 Å². The Morgan fingerprint density at radius 1 is 1.27 bits per heavy atom. The van der Waals surface area contributed by atoms with E-state index in [0.29, 0.717) is 36.7 Å². The number of aliphatic imine (C=N–C) groups is 1. The van der Waals surface area contributed by atoms with Crippen LogP contribution in [0.15, 0.2) is 57.1 Å². The summed E-state index contributed by atoms with van der Waals surface area (Å²) >= 11 is 3.50. The minimum absolute atomic E-state index is 0.0408. The van der Waals surface area contributed by atoms with E-state index in [1.54, 1.807) is 6.92 Å². The van der Waals surface area contributed by atoms with E-state index >= 15 is 0 Å². The fraction of sp³-hybridized carbons (Fsp3) is 0.273. The van der Waals surface area contributed by atoms with Crippen LogP contribution in [0, 0.1) is 0 Å². The predicted octanol–water partition coefficient (Wildman–Crippen LogP) is 3.80. The Bertz CT molecular complexity index is 1140. The first-order chi connectivity index (χ1) is 14.4. The SMILES string of the molecule is CC(O)CN(C)CCO/N=C1/C(c2c(O)[nH]c3ccc(Br)cc23)=Nc2ccccc21. The molecule has 7 nitrogen and oxygen atoms in total. The van der Waals surface area contributed by atoms with Crippen molar-refractivity contribution in [1.82, 2.24) is 9.88 Å². The van der Waals surface area contributed by atoms with Crippen LogP contribution < -0.4 is 0 Å². The molecule has 30 heavy (non-hydrogen) atoms. The highest BCUT2D eigenvalue weighted by Crippen LogP contribution is 2.36. The number of halogens is 1. The minimum atomic E-state index is -0.397. The fourth-order valence-corrected chi connectivity index (χ4v) is 3.94. The lowest BCUT2D eigenvalue weighted by Gasteiger charge is -2.17. The van der Waals surface area contributed by atoms with Gasteiger partial charge in [0.2, 0.25) is 0 Å². The molecular weight excluding hydrogens is 448 g/mol. The molecule has 0 spiro atoms. The zero-order chi connectivity index (χ0) is 21.3. The summed E-state index contributed by atoms with van der Waals surface area (Å²) in [5.41, 5.74) is 4.19. The average molecular weight is 471 g/mol. The van der Waals surface area contributed by atoms with E-state index in [9.17, 15) is 10.2 Å². The van der Waals surface area contributed by atoms with E-state index in [4.69, 9.17) is 9.83 Å². The van der Waals surface area contributed by atoms with Gasteiger partial charge in [0.1, 0.15) is 18.0 Å². The van der Waals surface area contributed by atoms with Crippen LogP contribution in [0.4, 0.5) is 5.69 Å². The maximum Gasteiger partial charge on any atom is 0.199 e. The van der Waals surface area contributed by atoms with Crippen LogP contribution in [0.2, 0.25) is 0 Å². The van der Waals surface area contributed by atoms with E-state index in [-0.39, 0.29) is 5.88 Å². The van der Waals surface area contributed by atoms with Crippen LogP contribution in [-0.2, 0) is 4.84 Å². The van der Waals surface area contributed by atoms with Gasteiger partial charge in [0.25, 0.3) is 0 Å². The molecule has 0 fully saturated rings. The number of aromatic nitrogens is 1. The number of fused-ring (bicyclic) bond motifs is 2. The molecule has 8 heteroatoms. The summed E-state index contributed by atoms with van der Waals surface area (Å²) in [6.07, 6.45) is -0.397. The van der Waals surface area contributed by atoms with Crippen molar-refractivity contribution in [3.05, 3.63) is 58.1 Å². The number of hydrogen-bond donors (Lipinski definition) is 3. The van der Waals surface area contributed by atoms with Gasteiger partial charge in [-0.3, -0.25) is 0 Å². The number of aromatic amines is 1. The molecule has 1 aliphatic heterocycles. The molecule has 2 heterocycles. The molecule has 3 aromatic rings. The third kappa shape index (κ3) is 4.12. The number of aromatic hydroxyl groups is 1. The number of likely N-dealkylation sites (N-methyl/N-ethyl adjacent to an activating group) is 1. The molecule has 0 bridgehead atoms. The number of aliphatic hydroxyl groups excluding tert-OH is 1. The number of oxime groups is 1. The zero-order valence-corrected chi connectivity index (χ0v) is 18.3. The summed E-state index contributed by atoms with van der Waals surface area (Å²) in [4.78, 5) is 15.3. The Hall–Kier alpha value is -2.68. The zero-order valence-electron chi connectivity index (χ0n) is 16.8. The Kier molecular flexibility index (Phi) is 5.90. The maximum absolute atomic E-state index is 10.6. The molecule has 156 valence electrons. The van der Waals surface area contributed by atoms with Gasteiger partial charge in [-0.2, -0.15) is 0 Å². The summed E-state index contributed by atoms with van der Waals surface area (Å²) in [7, 11) is 1.92. The molecule has 3 N–H and O–H groups in total. The summed E-state index contributed by atoms with van der Waals surface area (Å²) in [5.74, 6) is 0.0408. The molecule has 0 amide bonds. The van der Waals surface area contributed by atoms with Crippen molar-refractivity contribution in [2.75, 3.05) is 26.7 Å². The fourth-order valence-electron chi connectivity index (χ4n) is 3.58. The number of H-pyrrole nitrogens is 1. The molecule has 0 saturated heterocycles. The van der Waals surface area contributed by atoms with Crippen molar-refractivity contribution in [3.63, 3.8) is 0 Å². The number of rotatable bonds is 7. The van der Waals surface area contributed by atoms with Gasteiger partial charge in [-0.25, -0.2) is 4.99 Å². The van der Waals surface area contributed by atoms with Gasteiger partial charge in [0.15, 0.2) is 5.88 Å². The second kappa shape index (κ2) is 8.59. The van der Waals surface area contributed by atoms with Crippen LogP contribution in [-0.4, -0.2) is 64.4 Å². The van der Waals surface area contributed by atoms with Crippen LogP contribution in [0.5, 0.6) is 5.88 Å². The Morgan fingerprint density at radius 3 is 2.87 bits per heavy atom. The molecule has 4 rings (SSSR count). The Morgan fingerprint density at radius 2 is 2.07 bits per heavy atom. The van der Waals surface area contributed by atoms with E-state index in [2.05, 4.69) is 26.1 Å². The molecule has 1 unspecified atom stereocenters. The standard InChI is InChI=1S/C22H23BrN4O3/c1-13(28)12-27(2)9-10-30-26-20-15-5-3-4-6-17(15)24-21(20)19-16-11-14(23)7-8-18(16)25-22(19)29/h3-8,11,13,25,28-29H,9-10,12H2,1-2H3/b26-20+. The molecule has 1 atom stereocenters. The second-order valence-electron chi connectivity index (χ2n) is 7.40. The van der Waals surface area contributed by atoms with E-state index < -0.39 is 6.10 Å². The smallest absolute Gasteiger partial charge is 0.199 e. The van der Waals surface area contributed by atoms with Crippen LogP contribution in [0.1, 0.15) is 18.1 Å². The number of nitrogens with one attached hydrogen (secondary N) is 1. The van der Waals surface area contributed by atoms with Crippen LogP contribution >= 0.6 is 15.9 Å². The first-order valence-electron chi connectivity index (χ1n) is 9.69. The second-order valence-corrected chi connectivity index (χ2v) is 8.32. The van der Waals surface area contributed by atoms with Gasteiger partial charge >= 0.3 is 0 Å². The lowest BCUT2D eigenvalue weighted by molar-refractivity contribution is 0.0940. The highest BCUT2D eigenvalue weighted by atomic mass is 79.9.